The second-order valence-corrected chi connectivity index (χ2v) is 8.29. The van der Waals surface area contributed by atoms with Crippen LogP contribution in [-0.4, -0.2) is 60.8 Å². The Balaban J connectivity index is 1.38. The van der Waals surface area contributed by atoms with Crippen LogP contribution in [0.5, 0.6) is 0 Å². The van der Waals surface area contributed by atoms with Gasteiger partial charge in [0.2, 0.25) is 11.9 Å². The van der Waals surface area contributed by atoms with Crippen LogP contribution in [0.1, 0.15) is 5.82 Å². The van der Waals surface area contributed by atoms with Crippen molar-refractivity contribution >= 4 is 39.9 Å². The highest BCUT2D eigenvalue weighted by atomic mass is 32.1. The van der Waals surface area contributed by atoms with Crippen LogP contribution in [0.15, 0.2) is 30.0 Å². The van der Waals surface area contributed by atoms with Crippen molar-refractivity contribution in [1.82, 2.24) is 34.5 Å². The molecule has 0 saturated carbocycles. The van der Waals surface area contributed by atoms with E-state index in [4.69, 9.17) is 9.72 Å². The number of morpholine rings is 1. The molecule has 0 bridgehead atoms. The van der Waals surface area contributed by atoms with Gasteiger partial charge >= 0.3 is 0 Å². The smallest absolute Gasteiger partial charge is 0.230 e. The van der Waals surface area contributed by atoms with E-state index in [1.807, 2.05) is 0 Å². The lowest BCUT2D eigenvalue weighted by molar-refractivity contribution is 0.122. The summed E-state index contributed by atoms with van der Waals surface area (Å²) in [5, 5.41) is 7.67. The van der Waals surface area contributed by atoms with Gasteiger partial charge in [-0.2, -0.15) is 19.6 Å². The number of hydrogen-bond donors (Lipinski definition) is 2. The lowest BCUT2D eigenvalue weighted by Gasteiger charge is -2.27. The van der Waals surface area contributed by atoms with Crippen LogP contribution in [0.3, 0.4) is 0 Å². The molecular formula is C20H17F2N9OS. The number of nitrogens with zero attached hydrogens (tertiary/aromatic N) is 7. The zero-order valence-corrected chi connectivity index (χ0v) is 17.9. The minimum atomic E-state index is -0.977. The van der Waals surface area contributed by atoms with Crippen LogP contribution >= 0.6 is 11.3 Å². The summed E-state index contributed by atoms with van der Waals surface area (Å²) in [5.74, 6) is -0.478. The van der Waals surface area contributed by atoms with Gasteiger partial charge in [0.1, 0.15) is 11.3 Å². The van der Waals surface area contributed by atoms with Gasteiger partial charge in [0.05, 0.1) is 47.4 Å². The van der Waals surface area contributed by atoms with E-state index in [1.54, 1.807) is 22.4 Å². The number of fused-ring (bicyclic) bond motifs is 2. The first kappa shape index (κ1) is 19.9. The fourth-order valence-electron chi connectivity index (χ4n) is 3.72. The minimum absolute atomic E-state index is 0.0415. The Kier molecular flexibility index (Phi) is 4.84. The Morgan fingerprint density at radius 3 is 2.82 bits per heavy atom. The Hall–Kier alpha value is -3.71. The third-order valence-corrected chi connectivity index (χ3v) is 6.16. The fraction of sp³-hybridized carbons (Fsp3) is 0.250. The molecule has 2 N–H and O–H groups in total. The number of aromatic amines is 1. The summed E-state index contributed by atoms with van der Waals surface area (Å²) in [6.07, 6.45) is 3.50. The lowest BCUT2D eigenvalue weighted by Crippen LogP contribution is -2.37. The lowest BCUT2D eigenvalue weighted by atomic mass is 10.3. The van der Waals surface area contributed by atoms with Gasteiger partial charge < -0.3 is 19.9 Å². The first-order valence-corrected chi connectivity index (χ1v) is 11.1. The standard InChI is InChI=1S/C20H17F2N9OS/c21-12-1-2-13-17(16(12)22)27-15(26-13)9-24-19-29-20(30-3-5-32-6-4-30)28-18-11(7-25-31(18)19)14-8-23-10-33-14/h1-2,7-8,10H,3-6,9H2,(H,26,27)(H,24,28,29). The third kappa shape index (κ3) is 3.54. The number of anilines is 2. The van der Waals surface area contributed by atoms with Crippen molar-refractivity contribution in [3.05, 3.63) is 47.5 Å². The molecule has 0 unspecified atom stereocenters. The largest absolute Gasteiger partial charge is 0.378 e. The quantitative estimate of drug-likeness (QED) is 0.405. The normalized spacial score (nSPS) is 14.4. The summed E-state index contributed by atoms with van der Waals surface area (Å²) in [4.78, 5) is 23.8. The molecule has 5 heterocycles. The summed E-state index contributed by atoms with van der Waals surface area (Å²) in [7, 11) is 0. The molecule has 0 spiro atoms. The predicted octanol–water partition coefficient (Wildman–Crippen LogP) is 2.85. The SMILES string of the molecule is Fc1ccc2[nH]c(CNc3nc(N4CCOCC4)nc4c(-c5cncs5)cnn34)nc2c1F. The van der Waals surface area contributed by atoms with Crippen LogP contribution < -0.4 is 10.2 Å². The number of nitrogens with one attached hydrogen (secondary N) is 2. The number of hydrogen-bond acceptors (Lipinski definition) is 9. The number of rotatable bonds is 5. The van der Waals surface area contributed by atoms with E-state index in [2.05, 4.69) is 35.3 Å². The predicted molar refractivity (Wildman–Crippen MR) is 118 cm³/mol. The van der Waals surface area contributed by atoms with E-state index in [0.717, 1.165) is 16.5 Å². The van der Waals surface area contributed by atoms with E-state index < -0.39 is 11.6 Å². The van der Waals surface area contributed by atoms with Gasteiger partial charge in [0, 0.05) is 19.3 Å². The monoisotopic (exact) mass is 469 g/mol. The topological polar surface area (TPSA) is 109 Å². The first-order valence-electron chi connectivity index (χ1n) is 10.2. The maximum absolute atomic E-state index is 14.0. The highest BCUT2D eigenvalue weighted by molar-refractivity contribution is 7.13. The minimum Gasteiger partial charge on any atom is -0.378 e. The van der Waals surface area contributed by atoms with Gasteiger partial charge in [-0.3, -0.25) is 4.98 Å². The van der Waals surface area contributed by atoms with Gasteiger partial charge in [0.25, 0.3) is 0 Å². The van der Waals surface area contributed by atoms with Crippen molar-refractivity contribution in [2.45, 2.75) is 6.54 Å². The molecule has 168 valence electrons. The van der Waals surface area contributed by atoms with E-state index in [9.17, 15) is 8.78 Å². The molecule has 0 atom stereocenters. The molecule has 1 aliphatic rings. The third-order valence-electron chi connectivity index (χ3n) is 5.36. The first-order chi connectivity index (χ1) is 16.2. The maximum Gasteiger partial charge on any atom is 0.230 e. The molecule has 1 saturated heterocycles. The van der Waals surface area contributed by atoms with Crippen molar-refractivity contribution in [3.63, 3.8) is 0 Å². The Labute approximate surface area is 189 Å². The van der Waals surface area contributed by atoms with E-state index in [1.165, 1.54) is 17.4 Å². The molecule has 1 aromatic carbocycles. The van der Waals surface area contributed by atoms with Gasteiger partial charge in [-0.1, -0.05) is 0 Å². The summed E-state index contributed by atoms with van der Waals surface area (Å²) in [6.45, 7) is 2.74. The summed E-state index contributed by atoms with van der Waals surface area (Å²) >= 11 is 1.50. The fourth-order valence-corrected chi connectivity index (χ4v) is 4.35. The molecule has 0 aliphatic carbocycles. The summed E-state index contributed by atoms with van der Waals surface area (Å²) in [6, 6.07) is 2.53. The highest BCUT2D eigenvalue weighted by Crippen LogP contribution is 2.29. The van der Waals surface area contributed by atoms with Gasteiger partial charge in [-0.05, 0) is 12.1 Å². The second kappa shape index (κ2) is 8.01. The number of benzene rings is 1. The molecule has 0 amide bonds. The van der Waals surface area contributed by atoms with Crippen molar-refractivity contribution in [2.75, 3.05) is 36.5 Å². The van der Waals surface area contributed by atoms with Gasteiger partial charge in [-0.15, -0.1) is 11.3 Å². The Morgan fingerprint density at radius 2 is 2.00 bits per heavy atom. The molecule has 0 radical (unpaired) electrons. The number of aromatic nitrogens is 7. The molecule has 5 aromatic rings. The highest BCUT2D eigenvalue weighted by Gasteiger charge is 2.20. The number of thiazole rings is 1. The molecule has 4 aromatic heterocycles. The summed E-state index contributed by atoms with van der Waals surface area (Å²) in [5.41, 5.74) is 3.61. The average molecular weight is 469 g/mol. The van der Waals surface area contributed by atoms with Crippen LogP contribution in [0.25, 0.3) is 27.1 Å². The number of imidazole rings is 1. The van der Waals surface area contributed by atoms with Crippen LogP contribution in [0.2, 0.25) is 0 Å². The van der Waals surface area contributed by atoms with Crippen molar-refractivity contribution in [3.8, 4) is 10.4 Å². The number of ether oxygens (including phenoxy) is 1. The van der Waals surface area contributed by atoms with E-state index >= 15 is 0 Å². The molecule has 1 aliphatic heterocycles. The summed E-state index contributed by atoms with van der Waals surface area (Å²) < 4.78 is 34.6. The van der Waals surface area contributed by atoms with Crippen molar-refractivity contribution < 1.29 is 13.5 Å². The van der Waals surface area contributed by atoms with E-state index in [-0.39, 0.29) is 12.1 Å². The Morgan fingerprint density at radius 1 is 1.12 bits per heavy atom. The van der Waals surface area contributed by atoms with Crippen molar-refractivity contribution in [2.24, 2.45) is 0 Å². The second-order valence-electron chi connectivity index (χ2n) is 7.40. The number of halogens is 2. The van der Waals surface area contributed by atoms with Crippen LogP contribution in [-0.2, 0) is 11.3 Å². The molecule has 33 heavy (non-hydrogen) atoms. The zero-order chi connectivity index (χ0) is 22.4. The van der Waals surface area contributed by atoms with Gasteiger partial charge in [-0.25, -0.2) is 13.8 Å². The molecule has 13 heteroatoms. The molecule has 1 fully saturated rings. The average Bonchev–Trinajstić information content (AvgIpc) is 3.60. The maximum atomic E-state index is 14.0. The van der Waals surface area contributed by atoms with Gasteiger partial charge in [0.15, 0.2) is 17.3 Å². The van der Waals surface area contributed by atoms with Crippen LogP contribution in [0, 0.1) is 11.6 Å². The van der Waals surface area contributed by atoms with Crippen LogP contribution in [0.4, 0.5) is 20.7 Å². The molecular weight excluding hydrogens is 452 g/mol. The van der Waals surface area contributed by atoms with Crippen molar-refractivity contribution in [1.29, 1.82) is 0 Å². The van der Waals surface area contributed by atoms with E-state index in [0.29, 0.717) is 55.2 Å². The number of H-pyrrole nitrogens is 1. The molecule has 10 nitrogen and oxygen atoms in total. The zero-order valence-electron chi connectivity index (χ0n) is 17.1. The Bertz CT molecular complexity index is 1440. The molecule has 6 rings (SSSR count).